The lowest BCUT2D eigenvalue weighted by Crippen LogP contribution is -2.71. The quantitative estimate of drug-likeness (QED) is 0.132. The summed E-state index contributed by atoms with van der Waals surface area (Å²) < 4.78 is 54.1. The molecule has 0 aromatic carbocycles. The molecule has 0 radical (unpaired) electrons. The summed E-state index contributed by atoms with van der Waals surface area (Å²) in [5.41, 5.74) is 0. The molecule has 1 heterocycles. The molecular formula is C22H33BrNO15P. The highest BCUT2D eigenvalue weighted by molar-refractivity contribution is 9.11. The van der Waals surface area contributed by atoms with Gasteiger partial charge in [0.1, 0.15) is 12.7 Å². The van der Waals surface area contributed by atoms with Crippen molar-refractivity contribution in [3.05, 3.63) is 0 Å². The molecule has 1 aliphatic heterocycles. The average molecular weight is 662 g/mol. The Morgan fingerprint density at radius 2 is 1.38 bits per heavy atom. The Morgan fingerprint density at radius 1 is 0.850 bits per heavy atom. The van der Waals surface area contributed by atoms with Crippen LogP contribution in [0.1, 0.15) is 41.5 Å². The van der Waals surface area contributed by atoms with Gasteiger partial charge in [0, 0.05) is 55.8 Å². The Kier molecular flexibility index (Phi) is 13.2. The number of rotatable bonds is 12. The lowest BCUT2D eigenvalue weighted by Gasteiger charge is -2.52. The van der Waals surface area contributed by atoms with Gasteiger partial charge in [0.05, 0.1) is 6.04 Å². The Balaban J connectivity index is 4.05. The van der Waals surface area contributed by atoms with Gasteiger partial charge in [-0.25, -0.2) is 0 Å². The van der Waals surface area contributed by atoms with Crippen LogP contribution in [0, 0.1) is 0 Å². The molecule has 228 valence electrons. The molecule has 40 heavy (non-hydrogen) atoms. The predicted molar refractivity (Wildman–Crippen MR) is 135 cm³/mol. The second-order valence-corrected chi connectivity index (χ2v) is 12.6. The molecule has 0 aromatic heterocycles. The molecule has 16 nitrogen and oxygen atoms in total. The topological polar surface area (TPSA) is 205 Å². The first-order chi connectivity index (χ1) is 18.4. The van der Waals surface area contributed by atoms with E-state index in [1.165, 1.54) is 0 Å². The lowest BCUT2D eigenvalue weighted by molar-refractivity contribution is -0.238. The fraction of sp³-hybridized carbons (Fsp3) is 0.727. The van der Waals surface area contributed by atoms with E-state index in [0.29, 0.717) is 0 Å². The van der Waals surface area contributed by atoms with Crippen molar-refractivity contribution >= 4 is 59.3 Å². The minimum Gasteiger partial charge on any atom is -0.462 e. The SMILES string of the molecule is COP(=O)(OC)[C@@]1(Br)O[C@@H]([C@H](OC(C)=O)[C@@H](COC(C)=O)OC(C)=O)[C@H](NC(C)=O)[C@@H](OC(C)=O)[C@@H]1OC(C)=O. The number of hydrogen-bond acceptors (Lipinski definition) is 15. The molecule has 0 bridgehead atoms. The molecule has 0 aliphatic carbocycles. The third kappa shape index (κ3) is 8.96. The minimum atomic E-state index is -4.54. The molecule has 1 N–H and O–H groups in total. The second kappa shape index (κ2) is 14.9. The zero-order valence-corrected chi connectivity index (χ0v) is 25.6. The summed E-state index contributed by atoms with van der Waals surface area (Å²) >= 11 is 3.14. The van der Waals surface area contributed by atoms with Crippen LogP contribution in [0.25, 0.3) is 0 Å². The summed E-state index contributed by atoms with van der Waals surface area (Å²) in [4.78, 5) is 72.4. The van der Waals surface area contributed by atoms with Gasteiger partial charge >= 0.3 is 37.4 Å². The number of ether oxygens (including phenoxy) is 6. The van der Waals surface area contributed by atoms with Crippen molar-refractivity contribution in [3.8, 4) is 0 Å². The summed E-state index contributed by atoms with van der Waals surface area (Å²) in [6.07, 6.45) is -8.54. The molecule has 0 aromatic rings. The maximum Gasteiger partial charge on any atom is 0.376 e. The normalized spacial score (nSPS) is 25.9. The van der Waals surface area contributed by atoms with Gasteiger partial charge in [0.2, 0.25) is 5.91 Å². The number of amides is 1. The van der Waals surface area contributed by atoms with Gasteiger partial charge in [-0.1, -0.05) is 0 Å². The van der Waals surface area contributed by atoms with Crippen molar-refractivity contribution in [2.75, 3.05) is 20.8 Å². The fourth-order valence-corrected chi connectivity index (χ4v) is 6.77. The van der Waals surface area contributed by atoms with Gasteiger partial charge in [-0.2, -0.15) is 0 Å². The Labute approximate surface area is 238 Å². The van der Waals surface area contributed by atoms with Gasteiger partial charge in [-0.05, 0) is 15.9 Å². The van der Waals surface area contributed by atoms with Gasteiger partial charge in [-0.3, -0.25) is 33.3 Å². The largest absolute Gasteiger partial charge is 0.462 e. The van der Waals surface area contributed by atoms with E-state index in [1.807, 2.05) is 0 Å². The van der Waals surface area contributed by atoms with Crippen LogP contribution in [0.4, 0.5) is 0 Å². The van der Waals surface area contributed by atoms with Crippen LogP contribution in [0.5, 0.6) is 0 Å². The molecule has 7 atom stereocenters. The highest BCUT2D eigenvalue weighted by Crippen LogP contribution is 2.67. The van der Waals surface area contributed by atoms with Gasteiger partial charge in [0.25, 0.3) is 4.25 Å². The van der Waals surface area contributed by atoms with E-state index in [9.17, 15) is 33.3 Å². The third-order valence-corrected chi connectivity index (χ3v) is 9.25. The van der Waals surface area contributed by atoms with Crippen molar-refractivity contribution in [2.24, 2.45) is 0 Å². The van der Waals surface area contributed by atoms with Gasteiger partial charge in [0.15, 0.2) is 24.4 Å². The summed E-state index contributed by atoms with van der Waals surface area (Å²) in [5, 5.41) is 2.48. The first-order valence-corrected chi connectivity index (χ1v) is 13.9. The molecule has 1 aliphatic rings. The molecule has 0 unspecified atom stereocenters. The maximum absolute atomic E-state index is 13.8. The standard InChI is InChI=1S/C22H33BrNO15P/c1-10(25)24-17-19(18(36-13(4)28)16(35-12(3)27)9-34-11(2)26)39-22(23,40(31,32-7)33-8)21(38-15(6)30)20(17)37-14(5)29/h16-21H,9H2,1-8H3,(H,24,25)/t16-,17+,18-,19-,20-,21+,22+/m1/s1. The van der Waals surface area contributed by atoms with Crippen molar-refractivity contribution in [1.29, 1.82) is 0 Å². The lowest BCUT2D eigenvalue weighted by atomic mass is 9.90. The molecule has 18 heteroatoms. The van der Waals surface area contributed by atoms with Crippen LogP contribution in [0.15, 0.2) is 0 Å². The number of carbonyl (C=O) groups excluding carboxylic acids is 6. The fourth-order valence-electron chi connectivity index (χ4n) is 3.92. The van der Waals surface area contributed by atoms with E-state index in [4.69, 9.17) is 37.5 Å². The Hall–Kier alpha value is -2.59. The molecular weight excluding hydrogens is 629 g/mol. The van der Waals surface area contributed by atoms with Crippen molar-refractivity contribution in [3.63, 3.8) is 0 Å². The molecule has 0 saturated carbocycles. The van der Waals surface area contributed by atoms with Gasteiger partial charge in [-0.15, -0.1) is 0 Å². The summed E-state index contributed by atoms with van der Waals surface area (Å²) in [5.74, 6) is -5.21. The number of halogens is 1. The van der Waals surface area contributed by atoms with E-state index in [1.54, 1.807) is 0 Å². The van der Waals surface area contributed by atoms with E-state index >= 15 is 0 Å². The van der Waals surface area contributed by atoms with Crippen LogP contribution in [0.2, 0.25) is 0 Å². The minimum absolute atomic E-state index is 0.660. The molecule has 0 spiro atoms. The van der Waals surface area contributed by atoms with Crippen LogP contribution in [-0.2, 0) is 70.8 Å². The molecule has 1 amide bonds. The number of nitrogens with one attached hydrogen (secondary N) is 1. The van der Waals surface area contributed by atoms with Crippen molar-refractivity contribution in [1.82, 2.24) is 5.32 Å². The number of hydrogen-bond donors (Lipinski definition) is 1. The van der Waals surface area contributed by atoms with E-state index in [2.05, 4.69) is 21.2 Å². The number of alkyl halides is 1. The third-order valence-electron chi connectivity index (χ3n) is 5.24. The monoisotopic (exact) mass is 661 g/mol. The average Bonchev–Trinajstić information content (AvgIpc) is 2.82. The van der Waals surface area contributed by atoms with Crippen molar-refractivity contribution in [2.45, 2.75) is 82.4 Å². The van der Waals surface area contributed by atoms with E-state index < -0.39 is 90.8 Å². The first-order valence-electron chi connectivity index (χ1n) is 11.6. The summed E-state index contributed by atoms with van der Waals surface area (Å²) in [6.45, 7) is 5.54. The molecule has 1 saturated heterocycles. The van der Waals surface area contributed by atoms with Crippen molar-refractivity contribution < 1.29 is 70.8 Å². The Bertz CT molecular complexity index is 1010. The summed E-state index contributed by atoms with van der Waals surface area (Å²) in [6, 6.07) is -1.53. The van der Waals surface area contributed by atoms with Crippen LogP contribution < -0.4 is 5.32 Å². The Morgan fingerprint density at radius 3 is 1.77 bits per heavy atom. The van der Waals surface area contributed by atoms with Gasteiger partial charge < -0.3 is 42.8 Å². The first kappa shape index (κ1) is 35.4. The number of carbonyl (C=O) groups is 6. The van der Waals surface area contributed by atoms with Crippen LogP contribution >= 0.6 is 23.5 Å². The molecule has 1 rings (SSSR count). The second-order valence-electron chi connectivity index (χ2n) is 8.41. The van der Waals surface area contributed by atoms with E-state index in [-0.39, 0.29) is 0 Å². The van der Waals surface area contributed by atoms with E-state index in [0.717, 1.165) is 55.8 Å². The highest BCUT2D eigenvalue weighted by atomic mass is 79.9. The summed E-state index contributed by atoms with van der Waals surface area (Å²) in [7, 11) is -2.56. The van der Waals surface area contributed by atoms with Crippen LogP contribution in [-0.4, -0.2) is 97.4 Å². The molecule has 1 fully saturated rings. The predicted octanol–water partition coefficient (Wildman–Crippen LogP) is 0.714. The maximum atomic E-state index is 13.8. The zero-order valence-electron chi connectivity index (χ0n) is 23.1. The highest BCUT2D eigenvalue weighted by Gasteiger charge is 2.69. The number of esters is 5. The smallest absolute Gasteiger partial charge is 0.376 e. The zero-order chi connectivity index (χ0) is 31.0. The van der Waals surface area contributed by atoms with Crippen LogP contribution in [0.3, 0.4) is 0 Å².